The molecule has 6 heteroatoms. The van der Waals surface area contributed by atoms with Crippen LogP contribution in [0.1, 0.15) is 32.9 Å². The summed E-state index contributed by atoms with van der Waals surface area (Å²) in [6.45, 7) is 4.58. The molecule has 0 saturated heterocycles. The standard InChI is InChI=1S/C24H21FN2O3/c1-16-5-6-19(12-17(16)2)23-13-21(26-30-23)14-27(15-22-4-3-11-29-22)24(28)18-7-9-20(25)10-8-18/h3-13H,14-15H2,1-2H3. The first-order chi connectivity index (χ1) is 14.5. The molecule has 0 aliphatic carbocycles. The molecule has 0 aliphatic rings. The van der Waals surface area contributed by atoms with Crippen molar-refractivity contribution in [3.8, 4) is 11.3 Å². The number of hydrogen-bond acceptors (Lipinski definition) is 4. The lowest BCUT2D eigenvalue weighted by Crippen LogP contribution is -2.30. The average Bonchev–Trinajstić information content (AvgIpc) is 3.42. The SMILES string of the molecule is Cc1ccc(-c2cc(CN(Cc3ccco3)C(=O)c3ccc(F)cc3)no2)cc1C. The smallest absolute Gasteiger partial charge is 0.254 e. The Morgan fingerprint density at radius 3 is 2.50 bits per heavy atom. The van der Waals surface area contributed by atoms with Crippen molar-refractivity contribution in [1.82, 2.24) is 10.1 Å². The number of aryl methyl sites for hydroxylation is 2. The lowest BCUT2D eigenvalue weighted by molar-refractivity contribution is 0.0713. The van der Waals surface area contributed by atoms with Gasteiger partial charge in [0.2, 0.25) is 0 Å². The van der Waals surface area contributed by atoms with E-state index in [2.05, 4.69) is 12.1 Å². The summed E-state index contributed by atoms with van der Waals surface area (Å²) in [6.07, 6.45) is 1.56. The molecular formula is C24H21FN2O3. The summed E-state index contributed by atoms with van der Waals surface area (Å²) >= 11 is 0. The van der Waals surface area contributed by atoms with Crippen LogP contribution in [0.15, 0.2) is 75.9 Å². The third kappa shape index (κ3) is 4.33. The van der Waals surface area contributed by atoms with Gasteiger partial charge in [0, 0.05) is 17.2 Å². The van der Waals surface area contributed by atoms with Crippen LogP contribution in [-0.4, -0.2) is 16.0 Å². The van der Waals surface area contributed by atoms with Crippen LogP contribution < -0.4 is 0 Å². The Morgan fingerprint density at radius 2 is 1.80 bits per heavy atom. The molecule has 0 N–H and O–H groups in total. The Labute approximate surface area is 173 Å². The molecule has 0 bridgehead atoms. The zero-order valence-electron chi connectivity index (χ0n) is 16.8. The molecule has 0 spiro atoms. The van der Waals surface area contributed by atoms with Gasteiger partial charge in [0.15, 0.2) is 5.76 Å². The fourth-order valence-corrected chi connectivity index (χ4v) is 3.18. The molecule has 2 aromatic carbocycles. The summed E-state index contributed by atoms with van der Waals surface area (Å²) in [4.78, 5) is 14.6. The summed E-state index contributed by atoms with van der Waals surface area (Å²) < 4.78 is 24.2. The highest BCUT2D eigenvalue weighted by atomic mass is 19.1. The van der Waals surface area contributed by atoms with Gasteiger partial charge in [-0.1, -0.05) is 17.3 Å². The third-order valence-electron chi connectivity index (χ3n) is 5.01. The van der Waals surface area contributed by atoms with Crippen LogP contribution in [0.25, 0.3) is 11.3 Å². The molecular weight excluding hydrogens is 383 g/mol. The van der Waals surface area contributed by atoms with Gasteiger partial charge in [0.1, 0.15) is 17.3 Å². The molecule has 0 fully saturated rings. The van der Waals surface area contributed by atoms with E-state index in [0.29, 0.717) is 22.8 Å². The summed E-state index contributed by atoms with van der Waals surface area (Å²) in [5, 5.41) is 4.14. The van der Waals surface area contributed by atoms with Crippen LogP contribution >= 0.6 is 0 Å². The predicted molar refractivity (Wildman–Crippen MR) is 110 cm³/mol. The molecule has 4 aromatic rings. The fraction of sp³-hybridized carbons (Fsp3) is 0.167. The Bertz CT molecular complexity index is 1150. The van der Waals surface area contributed by atoms with Crippen molar-refractivity contribution in [2.24, 2.45) is 0 Å². The van der Waals surface area contributed by atoms with E-state index in [4.69, 9.17) is 8.94 Å². The topological polar surface area (TPSA) is 59.5 Å². The van der Waals surface area contributed by atoms with E-state index in [1.54, 1.807) is 23.3 Å². The zero-order chi connectivity index (χ0) is 21.1. The maximum absolute atomic E-state index is 13.3. The number of aromatic nitrogens is 1. The molecule has 30 heavy (non-hydrogen) atoms. The first-order valence-electron chi connectivity index (χ1n) is 9.60. The number of carbonyl (C=O) groups is 1. The van der Waals surface area contributed by atoms with Crippen LogP contribution in [0.2, 0.25) is 0 Å². The zero-order valence-corrected chi connectivity index (χ0v) is 16.8. The Kier molecular flexibility index (Phi) is 5.48. The highest BCUT2D eigenvalue weighted by molar-refractivity contribution is 5.94. The predicted octanol–water partition coefficient (Wildman–Crippen LogP) is 5.53. The lowest BCUT2D eigenvalue weighted by Gasteiger charge is -2.20. The lowest BCUT2D eigenvalue weighted by atomic mass is 10.0. The van der Waals surface area contributed by atoms with Crippen molar-refractivity contribution >= 4 is 5.91 Å². The van der Waals surface area contributed by atoms with Gasteiger partial charge in [0.25, 0.3) is 5.91 Å². The van der Waals surface area contributed by atoms with E-state index in [9.17, 15) is 9.18 Å². The van der Waals surface area contributed by atoms with E-state index in [0.717, 1.165) is 11.1 Å². The number of halogens is 1. The van der Waals surface area contributed by atoms with Gasteiger partial charge >= 0.3 is 0 Å². The molecule has 152 valence electrons. The second-order valence-corrected chi connectivity index (χ2v) is 7.23. The maximum Gasteiger partial charge on any atom is 0.254 e. The minimum absolute atomic E-state index is 0.227. The minimum Gasteiger partial charge on any atom is -0.467 e. The highest BCUT2D eigenvalue weighted by Gasteiger charge is 2.20. The van der Waals surface area contributed by atoms with Crippen LogP contribution in [-0.2, 0) is 13.1 Å². The number of benzene rings is 2. The van der Waals surface area contributed by atoms with Gasteiger partial charge in [-0.3, -0.25) is 4.79 Å². The first-order valence-corrected chi connectivity index (χ1v) is 9.60. The molecule has 0 unspecified atom stereocenters. The van der Waals surface area contributed by atoms with E-state index in [1.165, 1.54) is 29.8 Å². The van der Waals surface area contributed by atoms with Crippen LogP contribution in [0.5, 0.6) is 0 Å². The van der Waals surface area contributed by atoms with E-state index in [1.807, 2.05) is 31.2 Å². The number of hydrogen-bond donors (Lipinski definition) is 0. The number of furan rings is 1. The fourth-order valence-electron chi connectivity index (χ4n) is 3.18. The number of nitrogens with zero attached hydrogens (tertiary/aromatic N) is 2. The summed E-state index contributed by atoms with van der Waals surface area (Å²) in [5.41, 5.74) is 4.30. The van der Waals surface area contributed by atoms with Crippen molar-refractivity contribution < 1.29 is 18.1 Å². The Hall–Kier alpha value is -3.67. The van der Waals surface area contributed by atoms with Gasteiger partial charge < -0.3 is 13.8 Å². The Morgan fingerprint density at radius 1 is 1.00 bits per heavy atom. The van der Waals surface area contributed by atoms with Gasteiger partial charge in [-0.25, -0.2) is 4.39 Å². The normalized spacial score (nSPS) is 10.9. The minimum atomic E-state index is -0.390. The van der Waals surface area contributed by atoms with Crippen molar-refractivity contribution in [3.63, 3.8) is 0 Å². The van der Waals surface area contributed by atoms with Crippen LogP contribution in [0.3, 0.4) is 0 Å². The molecule has 0 atom stereocenters. The monoisotopic (exact) mass is 404 g/mol. The molecule has 0 saturated carbocycles. The maximum atomic E-state index is 13.3. The summed E-state index contributed by atoms with van der Waals surface area (Å²) in [5.74, 6) is 0.643. The molecule has 0 aliphatic heterocycles. The number of carbonyl (C=O) groups excluding carboxylic acids is 1. The first kappa shape index (κ1) is 19.6. The van der Waals surface area contributed by atoms with Gasteiger partial charge in [0.05, 0.1) is 19.4 Å². The van der Waals surface area contributed by atoms with Crippen molar-refractivity contribution in [3.05, 3.63) is 101 Å². The average molecular weight is 404 g/mol. The number of rotatable bonds is 6. The van der Waals surface area contributed by atoms with E-state index < -0.39 is 5.82 Å². The van der Waals surface area contributed by atoms with Gasteiger partial charge in [-0.15, -0.1) is 0 Å². The van der Waals surface area contributed by atoms with Crippen LogP contribution in [0, 0.1) is 19.7 Å². The summed E-state index contributed by atoms with van der Waals surface area (Å²) in [6, 6.07) is 16.9. The van der Waals surface area contributed by atoms with Crippen LogP contribution in [0.4, 0.5) is 4.39 Å². The van der Waals surface area contributed by atoms with Crippen molar-refractivity contribution in [2.45, 2.75) is 26.9 Å². The molecule has 5 nitrogen and oxygen atoms in total. The highest BCUT2D eigenvalue weighted by Crippen LogP contribution is 2.24. The summed E-state index contributed by atoms with van der Waals surface area (Å²) in [7, 11) is 0. The third-order valence-corrected chi connectivity index (χ3v) is 5.01. The molecule has 2 heterocycles. The van der Waals surface area contributed by atoms with E-state index >= 15 is 0 Å². The van der Waals surface area contributed by atoms with E-state index in [-0.39, 0.29) is 19.0 Å². The Balaban J connectivity index is 1.58. The molecule has 1 amide bonds. The molecule has 0 radical (unpaired) electrons. The van der Waals surface area contributed by atoms with Crippen molar-refractivity contribution in [1.29, 1.82) is 0 Å². The quantitative estimate of drug-likeness (QED) is 0.424. The molecule has 4 rings (SSSR count). The molecule has 2 aromatic heterocycles. The van der Waals surface area contributed by atoms with Gasteiger partial charge in [-0.2, -0.15) is 0 Å². The van der Waals surface area contributed by atoms with Gasteiger partial charge in [-0.05, 0) is 67.4 Å². The second-order valence-electron chi connectivity index (χ2n) is 7.23. The second kappa shape index (κ2) is 8.37. The largest absolute Gasteiger partial charge is 0.467 e. The number of amides is 1. The van der Waals surface area contributed by atoms with Crippen molar-refractivity contribution in [2.75, 3.05) is 0 Å².